The Morgan fingerprint density at radius 1 is 1.04 bits per heavy atom. The second-order valence-electron chi connectivity index (χ2n) is 7.71. The van der Waals surface area contributed by atoms with Crippen LogP contribution in [0.25, 0.3) is 22.2 Å². The van der Waals surface area contributed by atoms with Crippen molar-refractivity contribution in [2.45, 2.75) is 45.4 Å². The number of hydrogen-bond donors (Lipinski definition) is 2. The van der Waals surface area contributed by atoms with Gasteiger partial charge in [0.15, 0.2) is 0 Å². The fourth-order valence-electron chi connectivity index (χ4n) is 3.31. The summed E-state index contributed by atoms with van der Waals surface area (Å²) in [6.07, 6.45) is 3.21. The minimum absolute atomic E-state index is 0.146. The van der Waals surface area contributed by atoms with Crippen LogP contribution in [0.1, 0.15) is 44.7 Å². The van der Waals surface area contributed by atoms with Gasteiger partial charge in [0.2, 0.25) is 0 Å². The van der Waals surface area contributed by atoms with Gasteiger partial charge in [-0.05, 0) is 60.5 Å². The van der Waals surface area contributed by atoms with Gasteiger partial charge in [0, 0.05) is 20.9 Å². The number of nitrogens with one attached hydrogen (secondary N) is 1. The lowest BCUT2D eigenvalue weighted by atomic mass is 9.86. The summed E-state index contributed by atoms with van der Waals surface area (Å²) in [4.78, 5) is 3.67. The molecule has 132 valence electrons. The molecule has 0 fully saturated rings. The van der Waals surface area contributed by atoms with E-state index in [1.165, 1.54) is 33.3 Å². The maximum Gasteiger partial charge on any atom is 0.0508 e. The largest absolute Gasteiger partial charge is 0.354 e. The highest BCUT2D eigenvalue weighted by Gasteiger charge is 2.18. The van der Waals surface area contributed by atoms with E-state index < -0.39 is 0 Å². The summed E-state index contributed by atoms with van der Waals surface area (Å²) in [5.74, 6) is 0. The van der Waals surface area contributed by atoms with Gasteiger partial charge < -0.3 is 10.7 Å². The van der Waals surface area contributed by atoms with Crippen LogP contribution in [0.15, 0.2) is 46.9 Å². The van der Waals surface area contributed by atoms with Gasteiger partial charge in [-0.1, -0.05) is 61.0 Å². The molecule has 3 heteroatoms. The molecule has 3 N–H and O–H groups in total. The summed E-state index contributed by atoms with van der Waals surface area (Å²) in [6.45, 7) is 7.55. The molecule has 0 aliphatic rings. The molecule has 1 heterocycles. The van der Waals surface area contributed by atoms with Gasteiger partial charge >= 0.3 is 0 Å². The van der Waals surface area contributed by atoms with Crippen LogP contribution in [0, 0.1) is 0 Å². The van der Waals surface area contributed by atoms with Crippen LogP contribution in [0.5, 0.6) is 0 Å². The second-order valence-corrected chi connectivity index (χ2v) is 8.57. The van der Waals surface area contributed by atoms with Gasteiger partial charge in [0.05, 0.1) is 5.69 Å². The monoisotopic (exact) mass is 398 g/mol. The molecular weight excluding hydrogens is 372 g/mol. The summed E-state index contributed by atoms with van der Waals surface area (Å²) < 4.78 is 1.12. The molecule has 0 saturated carbocycles. The maximum absolute atomic E-state index is 5.72. The Labute approximate surface area is 159 Å². The van der Waals surface area contributed by atoms with Crippen LogP contribution in [-0.4, -0.2) is 11.5 Å². The number of H-pyrrole nitrogens is 1. The Balaban J connectivity index is 2.18. The molecule has 3 aromatic rings. The second kappa shape index (κ2) is 7.35. The summed E-state index contributed by atoms with van der Waals surface area (Å²) in [7, 11) is 0. The van der Waals surface area contributed by atoms with E-state index >= 15 is 0 Å². The molecule has 3 rings (SSSR count). The molecule has 25 heavy (non-hydrogen) atoms. The number of rotatable bonds is 5. The van der Waals surface area contributed by atoms with Gasteiger partial charge in [-0.2, -0.15) is 0 Å². The average molecular weight is 399 g/mol. The Hall–Kier alpha value is -1.58. The third kappa shape index (κ3) is 3.83. The number of aryl methyl sites for hydroxylation is 1. The summed E-state index contributed by atoms with van der Waals surface area (Å²) in [5.41, 5.74) is 12.3. The highest BCUT2D eigenvalue weighted by atomic mass is 79.9. The molecule has 0 amide bonds. The van der Waals surface area contributed by atoms with Crippen molar-refractivity contribution in [2.75, 3.05) is 6.54 Å². The standard InChI is InChI=1S/C22H27BrN2/c1-22(2,3)15-11-12-20-18(14-15)16(8-6-7-13-24)21(25-20)17-9-4-5-10-19(17)23/h4-5,9-12,14,25H,6-8,13,24H2,1-3H3. The minimum atomic E-state index is 0.146. The highest BCUT2D eigenvalue weighted by molar-refractivity contribution is 9.10. The van der Waals surface area contributed by atoms with Gasteiger partial charge in [0.1, 0.15) is 0 Å². The summed E-state index contributed by atoms with van der Waals surface area (Å²) in [5, 5.41) is 1.34. The van der Waals surface area contributed by atoms with Crippen LogP contribution in [0.4, 0.5) is 0 Å². The molecule has 0 bridgehead atoms. The topological polar surface area (TPSA) is 41.8 Å². The fraction of sp³-hybridized carbons (Fsp3) is 0.364. The quantitative estimate of drug-likeness (QED) is 0.495. The number of halogens is 1. The van der Waals surface area contributed by atoms with E-state index in [0.717, 1.165) is 30.3 Å². The van der Waals surface area contributed by atoms with Crippen molar-refractivity contribution in [1.82, 2.24) is 4.98 Å². The first-order valence-electron chi connectivity index (χ1n) is 9.02. The minimum Gasteiger partial charge on any atom is -0.354 e. The van der Waals surface area contributed by atoms with Crippen LogP contribution in [0.2, 0.25) is 0 Å². The molecule has 0 radical (unpaired) electrons. The lowest BCUT2D eigenvalue weighted by Crippen LogP contribution is -2.10. The van der Waals surface area contributed by atoms with E-state index in [0.29, 0.717) is 0 Å². The normalized spacial score (nSPS) is 12.0. The number of fused-ring (bicyclic) bond motifs is 1. The van der Waals surface area contributed by atoms with E-state index in [4.69, 9.17) is 5.73 Å². The molecule has 0 unspecified atom stereocenters. The molecule has 0 spiro atoms. The molecule has 0 atom stereocenters. The molecule has 2 aromatic carbocycles. The summed E-state index contributed by atoms with van der Waals surface area (Å²) in [6, 6.07) is 15.3. The van der Waals surface area contributed by atoms with Gasteiger partial charge in [0.25, 0.3) is 0 Å². The van der Waals surface area contributed by atoms with Gasteiger partial charge in [-0.3, -0.25) is 0 Å². The average Bonchev–Trinajstić information content (AvgIpc) is 2.92. The smallest absolute Gasteiger partial charge is 0.0508 e. The first kappa shape index (κ1) is 18.2. The predicted octanol–water partition coefficient (Wildman–Crippen LogP) is 6.18. The number of benzene rings is 2. The zero-order chi connectivity index (χ0) is 18.0. The molecular formula is C22H27BrN2. The lowest BCUT2D eigenvalue weighted by molar-refractivity contribution is 0.591. The number of hydrogen-bond acceptors (Lipinski definition) is 1. The van der Waals surface area contributed by atoms with Crippen molar-refractivity contribution in [2.24, 2.45) is 5.73 Å². The van der Waals surface area contributed by atoms with E-state index in [1.807, 2.05) is 0 Å². The van der Waals surface area contributed by atoms with Crippen molar-refractivity contribution >= 4 is 26.8 Å². The zero-order valence-corrected chi connectivity index (χ0v) is 16.9. The van der Waals surface area contributed by atoms with Crippen LogP contribution in [-0.2, 0) is 11.8 Å². The fourth-order valence-corrected chi connectivity index (χ4v) is 3.80. The Morgan fingerprint density at radius 2 is 1.80 bits per heavy atom. The lowest BCUT2D eigenvalue weighted by Gasteiger charge is -2.19. The SMILES string of the molecule is CC(C)(C)c1ccc2[nH]c(-c3ccccc3Br)c(CCCCN)c2c1. The zero-order valence-electron chi connectivity index (χ0n) is 15.3. The molecule has 0 aliphatic heterocycles. The van der Waals surface area contributed by atoms with Gasteiger partial charge in [-0.25, -0.2) is 0 Å². The maximum atomic E-state index is 5.72. The number of unbranched alkanes of at least 4 members (excludes halogenated alkanes) is 1. The Morgan fingerprint density at radius 3 is 2.48 bits per heavy atom. The van der Waals surface area contributed by atoms with Crippen molar-refractivity contribution in [1.29, 1.82) is 0 Å². The first-order valence-corrected chi connectivity index (χ1v) is 9.81. The number of nitrogens with two attached hydrogens (primary N) is 1. The van der Waals surface area contributed by atoms with Crippen molar-refractivity contribution < 1.29 is 0 Å². The molecule has 0 aliphatic carbocycles. The van der Waals surface area contributed by atoms with E-state index in [2.05, 4.69) is 84.1 Å². The molecule has 0 saturated heterocycles. The van der Waals surface area contributed by atoms with E-state index in [1.54, 1.807) is 0 Å². The Bertz CT molecular complexity index is 871. The third-order valence-electron chi connectivity index (χ3n) is 4.80. The van der Waals surface area contributed by atoms with E-state index in [9.17, 15) is 0 Å². The number of aromatic amines is 1. The van der Waals surface area contributed by atoms with Crippen LogP contribution < -0.4 is 5.73 Å². The molecule has 2 nitrogen and oxygen atoms in total. The summed E-state index contributed by atoms with van der Waals surface area (Å²) >= 11 is 3.71. The van der Waals surface area contributed by atoms with Crippen molar-refractivity contribution in [3.8, 4) is 11.3 Å². The van der Waals surface area contributed by atoms with E-state index in [-0.39, 0.29) is 5.41 Å². The Kier molecular flexibility index (Phi) is 5.35. The molecule has 1 aromatic heterocycles. The van der Waals surface area contributed by atoms with Crippen LogP contribution >= 0.6 is 15.9 Å². The van der Waals surface area contributed by atoms with Crippen molar-refractivity contribution in [3.05, 3.63) is 58.1 Å². The van der Waals surface area contributed by atoms with Crippen LogP contribution in [0.3, 0.4) is 0 Å². The first-order chi connectivity index (χ1) is 11.9. The van der Waals surface area contributed by atoms with Gasteiger partial charge in [-0.15, -0.1) is 0 Å². The number of aromatic nitrogens is 1. The predicted molar refractivity (Wildman–Crippen MR) is 112 cm³/mol. The third-order valence-corrected chi connectivity index (χ3v) is 5.49. The highest BCUT2D eigenvalue weighted by Crippen LogP contribution is 2.37. The van der Waals surface area contributed by atoms with Crippen molar-refractivity contribution in [3.63, 3.8) is 0 Å².